The number of nitrogens with zero attached hydrogens (tertiary/aromatic N) is 2. The third-order valence-electron chi connectivity index (χ3n) is 4.33. The average Bonchev–Trinajstić information content (AvgIpc) is 2.53. The van der Waals surface area contributed by atoms with Gasteiger partial charge in [-0.2, -0.15) is 0 Å². The second-order valence-electron chi connectivity index (χ2n) is 7.19. The van der Waals surface area contributed by atoms with Crippen molar-refractivity contribution < 1.29 is 14.3 Å². The summed E-state index contributed by atoms with van der Waals surface area (Å²) in [7, 11) is 0. The van der Waals surface area contributed by atoms with Gasteiger partial charge in [0.1, 0.15) is 11.4 Å². The lowest BCUT2D eigenvalue weighted by Crippen LogP contribution is -2.51. The van der Waals surface area contributed by atoms with Gasteiger partial charge in [-0.15, -0.1) is 0 Å². The zero-order chi connectivity index (χ0) is 16.4. The van der Waals surface area contributed by atoms with Gasteiger partial charge < -0.3 is 14.4 Å². The SMILES string of the molecule is CC(C)(C)OC(=O)N1CCN([C@H]2CCOc3ccccc32)CC1. The van der Waals surface area contributed by atoms with Crippen molar-refractivity contribution in [1.82, 2.24) is 9.80 Å². The van der Waals surface area contributed by atoms with Gasteiger partial charge in [-0.05, 0) is 26.8 Å². The van der Waals surface area contributed by atoms with E-state index in [-0.39, 0.29) is 6.09 Å². The molecule has 2 heterocycles. The van der Waals surface area contributed by atoms with Crippen LogP contribution in [0, 0.1) is 0 Å². The molecule has 3 rings (SSSR count). The summed E-state index contributed by atoms with van der Waals surface area (Å²) in [5.41, 5.74) is 0.831. The number of amides is 1. The Bertz CT molecular complexity index is 560. The van der Waals surface area contributed by atoms with Crippen LogP contribution in [-0.2, 0) is 4.74 Å². The predicted octanol–water partition coefficient (Wildman–Crippen LogP) is 3.06. The molecule has 5 heteroatoms. The highest BCUT2D eigenvalue weighted by Crippen LogP contribution is 2.36. The number of hydrogen-bond donors (Lipinski definition) is 0. The molecule has 0 aromatic heterocycles. The lowest BCUT2D eigenvalue weighted by Gasteiger charge is -2.41. The molecule has 2 aliphatic rings. The molecule has 1 saturated heterocycles. The summed E-state index contributed by atoms with van der Waals surface area (Å²) in [5.74, 6) is 0.998. The fraction of sp³-hybridized carbons (Fsp3) is 0.611. The standard InChI is InChI=1S/C18H26N2O3/c1-18(2,3)23-17(21)20-11-9-19(10-12-20)15-8-13-22-16-7-5-4-6-14(15)16/h4-7,15H,8-13H2,1-3H3/t15-/m0/s1. The first-order valence-electron chi connectivity index (χ1n) is 8.38. The van der Waals surface area contributed by atoms with E-state index in [2.05, 4.69) is 17.0 Å². The summed E-state index contributed by atoms with van der Waals surface area (Å²) in [5, 5.41) is 0. The Morgan fingerprint density at radius 3 is 2.57 bits per heavy atom. The Kier molecular flexibility index (Phi) is 4.48. The normalized spacial score (nSPS) is 22.2. The van der Waals surface area contributed by atoms with Crippen LogP contribution in [0.15, 0.2) is 24.3 Å². The average molecular weight is 318 g/mol. The summed E-state index contributed by atoms with van der Waals surface area (Å²) in [6, 6.07) is 8.66. The van der Waals surface area contributed by atoms with Crippen LogP contribution in [0.5, 0.6) is 5.75 Å². The zero-order valence-corrected chi connectivity index (χ0v) is 14.2. The zero-order valence-electron chi connectivity index (χ0n) is 14.2. The Hall–Kier alpha value is -1.75. The number of benzene rings is 1. The maximum absolute atomic E-state index is 12.2. The molecule has 1 amide bonds. The molecular weight excluding hydrogens is 292 g/mol. The van der Waals surface area contributed by atoms with Crippen molar-refractivity contribution in [3.63, 3.8) is 0 Å². The molecule has 2 aliphatic heterocycles. The molecule has 0 aliphatic carbocycles. The number of ether oxygens (including phenoxy) is 2. The molecule has 0 unspecified atom stereocenters. The van der Waals surface area contributed by atoms with Gasteiger partial charge in [0.15, 0.2) is 0 Å². The molecule has 0 N–H and O–H groups in total. The van der Waals surface area contributed by atoms with E-state index < -0.39 is 5.60 Å². The summed E-state index contributed by atoms with van der Waals surface area (Å²) in [6.07, 6.45) is 0.799. The minimum Gasteiger partial charge on any atom is -0.493 e. The molecule has 0 spiro atoms. The lowest BCUT2D eigenvalue weighted by molar-refractivity contribution is 0.00778. The van der Waals surface area contributed by atoms with Crippen molar-refractivity contribution in [2.45, 2.75) is 38.8 Å². The highest BCUT2D eigenvalue weighted by Gasteiger charge is 2.31. The number of carbonyl (C=O) groups excluding carboxylic acids is 1. The monoisotopic (exact) mass is 318 g/mol. The van der Waals surface area contributed by atoms with Gasteiger partial charge in [-0.3, -0.25) is 4.90 Å². The van der Waals surface area contributed by atoms with E-state index in [1.807, 2.05) is 37.8 Å². The van der Waals surface area contributed by atoms with E-state index in [1.165, 1.54) is 5.56 Å². The molecular formula is C18H26N2O3. The van der Waals surface area contributed by atoms with Crippen LogP contribution in [0.4, 0.5) is 4.79 Å². The second kappa shape index (κ2) is 6.40. The summed E-state index contributed by atoms with van der Waals surface area (Å²) in [6.45, 7) is 9.65. The van der Waals surface area contributed by atoms with E-state index >= 15 is 0 Å². The van der Waals surface area contributed by atoms with Gasteiger partial charge in [-0.25, -0.2) is 4.79 Å². The van der Waals surface area contributed by atoms with Gasteiger partial charge in [0, 0.05) is 44.2 Å². The molecule has 5 nitrogen and oxygen atoms in total. The van der Waals surface area contributed by atoms with Crippen LogP contribution in [-0.4, -0.2) is 54.3 Å². The van der Waals surface area contributed by atoms with Gasteiger partial charge in [-0.1, -0.05) is 18.2 Å². The van der Waals surface area contributed by atoms with E-state index in [1.54, 1.807) is 0 Å². The third-order valence-corrected chi connectivity index (χ3v) is 4.33. The Labute approximate surface area is 138 Å². The molecule has 0 bridgehead atoms. The fourth-order valence-corrected chi connectivity index (χ4v) is 3.25. The molecule has 0 radical (unpaired) electrons. The number of piperazine rings is 1. The van der Waals surface area contributed by atoms with Crippen LogP contribution in [0.1, 0.15) is 38.8 Å². The van der Waals surface area contributed by atoms with Gasteiger partial charge in [0.2, 0.25) is 0 Å². The lowest BCUT2D eigenvalue weighted by atomic mass is 9.98. The van der Waals surface area contributed by atoms with Crippen molar-refractivity contribution in [3.8, 4) is 5.75 Å². The van der Waals surface area contributed by atoms with Crippen molar-refractivity contribution in [3.05, 3.63) is 29.8 Å². The van der Waals surface area contributed by atoms with E-state index in [4.69, 9.17) is 9.47 Å². The molecule has 126 valence electrons. The number of rotatable bonds is 1. The number of para-hydroxylation sites is 1. The Morgan fingerprint density at radius 2 is 1.87 bits per heavy atom. The molecule has 1 aromatic rings. The van der Waals surface area contributed by atoms with Crippen molar-refractivity contribution in [2.24, 2.45) is 0 Å². The largest absolute Gasteiger partial charge is 0.493 e. The van der Waals surface area contributed by atoms with Crippen LogP contribution in [0.25, 0.3) is 0 Å². The van der Waals surface area contributed by atoms with E-state index in [0.29, 0.717) is 19.1 Å². The Balaban J connectivity index is 1.61. The Morgan fingerprint density at radius 1 is 1.17 bits per heavy atom. The predicted molar refractivity (Wildman–Crippen MR) is 88.7 cm³/mol. The van der Waals surface area contributed by atoms with Crippen LogP contribution in [0.2, 0.25) is 0 Å². The number of hydrogen-bond acceptors (Lipinski definition) is 4. The number of fused-ring (bicyclic) bond motifs is 1. The first-order chi connectivity index (χ1) is 10.9. The molecule has 1 aromatic carbocycles. The van der Waals surface area contributed by atoms with Crippen molar-refractivity contribution in [2.75, 3.05) is 32.8 Å². The fourth-order valence-electron chi connectivity index (χ4n) is 3.25. The van der Waals surface area contributed by atoms with Crippen LogP contribution < -0.4 is 4.74 Å². The summed E-state index contributed by atoms with van der Waals surface area (Å²) < 4.78 is 11.2. The van der Waals surface area contributed by atoms with Crippen molar-refractivity contribution in [1.29, 1.82) is 0 Å². The second-order valence-corrected chi connectivity index (χ2v) is 7.19. The van der Waals surface area contributed by atoms with E-state index in [9.17, 15) is 4.79 Å². The quantitative estimate of drug-likeness (QED) is 0.798. The van der Waals surface area contributed by atoms with Crippen molar-refractivity contribution >= 4 is 6.09 Å². The first kappa shape index (κ1) is 16.1. The molecule has 0 saturated carbocycles. The van der Waals surface area contributed by atoms with Gasteiger partial charge in [0.25, 0.3) is 0 Å². The van der Waals surface area contributed by atoms with Gasteiger partial charge >= 0.3 is 6.09 Å². The molecule has 1 atom stereocenters. The maximum atomic E-state index is 12.2. The van der Waals surface area contributed by atoms with E-state index in [0.717, 1.165) is 31.9 Å². The smallest absolute Gasteiger partial charge is 0.410 e. The minimum absolute atomic E-state index is 0.204. The first-order valence-corrected chi connectivity index (χ1v) is 8.38. The highest BCUT2D eigenvalue weighted by atomic mass is 16.6. The van der Waals surface area contributed by atoms with Crippen LogP contribution in [0.3, 0.4) is 0 Å². The summed E-state index contributed by atoms with van der Waals surface area (Å²) >= 11 is 0. The summed E-state index contributed by atoms with van der Waals surface area (Å²) in [4.78, 5) is 16.4. The van der Waals surface area contributed by atoms with Gasteiger partial charge in [0.05, 0.1) is 6.61 Å². The molecule has 1 fully saturated rings. The highest BCUT2D eigenvalue weighted by molar-refractivity contribution is 5.68. The molecule has 23 heavy (non-hydrogen) atoms. The third kappa shape index (κ3) is 3.78. The minimum atomic E-state index is -0.437. The maximum Gasteiger partial charge on any atom is 0.410 e. The number of carbonyl (C=O) groups is 1. The topological polar surface area (TPSA) is 42.0 Å². The van der Waals surface area contributed by atoms with Crippen LogP contribution >= 0.6 is 0 Å².